The van der Waals surface area contributed by atoms with E-state index in [2.05, 4.69) is 22.9 Å². The topological polar surface area (TPSA) is 36.4 Å². The smallest absolute Gasteiger partial charge is 0.131 e. The van der Waals surface area contributed by atoms with Crippen molar-refractivity contribution < 1.29 is 5.11 Å². The van der Waals surface area contributed by atoms with Gasteiger partial charge in [-0.05, 0) is 37.8 Å². The Morgan fingerprint density at radius 2 is 2.33 bits per heavy atom. The molecule has 0 saturated heterocycles. The maximum absolute atomic E-state index is 9.09. The van der Waals surface area contributed by atoms with Crippen LogP contribution >= 0.6 is 0 Å². The maximum Gasteiger partial charge on any atom is 0.131 e. The molecule has 2 rings (SSSR count). The number of pyridine rings is 1. The molecule has 0 radical (unpaired) electrons. The lowest BCUT2D eigenvalue weighted by Crippen LogP contribution is -2.42. The predicted octanol–water partition coefficient (Wildman–Crippen LogP) is 1.74. The van der Waals surface area contributed by atoms with Crippen LogP contribution in [0, 0.1) is 6.92 Å². The number of hydrogen-bond acceptors (Lipinski definition) is 3. The molecule has 15 heavy (non-hydrogen) atoms. The van der Waals surface area contributed by atoms with E-state index < -0.39 is 0 Å². The third-order valence-corrected chi connectivity index (χ3v) is 3.11. The van der Waals surface area contributed by atoms with Crippen LogP contribution < -0.4 is 4.90 Å². The lowest BCUT2D eigenvalue weighted by Gasteiger charge is -2.38. The fraction of sp³-hybridized carbons (Fsp3) is 0.583. The van der Waals surface area contributed by atoms with Gasteiger partial charge in [0, 0.05) is 18.8 Å². The van der Waals surface area contributed by atoms with Crippen LogP contribution in [0.2, 0.25) is 0 Å². The van der Waals surface area contributed by atoms with Crippen molar-refractivity contribution in [1.29, 1.82) is 0 Å². The van der Waals surface area contributed by atoms with Gasteiger partial charge in [0.25, 0.3) is 0 Å². The molecule has 82 valence electrons. The summed E-state index contributed by atoms with van der Waals surface area (Å²) in [6, 6.07) is 4.62. The van der Waals surface area contributed by atoms with Crippen LogP contribution in [0.15, 0.2) is 18.3 Å². The van der Waals surface area contributed by atoms with Crippen LogP contribution in [0.4, 0.5) is 5.82 Å². The quantitative estimate of drug-likeness (QED) is 0.815. The largest absolute Gasteiger partial charge is 0.395 e. The van der Waals surface area contributed by atoms with Crippen molar-refractivity contribution in [2.45, 2.75) is 32.2 Å². The number of aliphatic hydroxyl groups is 1. The van der Waals surface area contributed by atoms with Gasteiger partial charge in [-0.2, -0.15) is 0 Å². The molecule has 1 aromatic heterocycles. The number of aryl methyl sites for hydroxylation is 1. The zero-order chi connectivity index (χ0) is 10.7. The second kappa shape index (κ2) is 4.62. The van der Waals surface area contributed by atoms with Crippen molar-refractivity contribution in [3.8, 4) is 0 Å². The van der Waals surface area contributed by atoms with Crippen LogP contribution in [0.1, 0.15) is 24.8 Å². The Bertz CT molecular complexity index is 323. The summed E-state index contributed by atoms with van der Waals surface area (Å²) >= 11 is 0. The van der Waals surface area contributed by atoms with Crippen LogP contribution in [-0.2, 0) is 0 Å². The van der Waals surface area contributed by atoms with Gasteiger partial charge >= 0.3 is 0 Å². The molecular formula is C12H18N2O. The molecule has 1 aliphatic carbocycles. The first kappa shape index (κ1) is 10.4. The normalized spacial score (nSPS) is 16.1. The van der Waals surface area contributed by atoms with E-state index in [1.54, 1.807) is 0 Å². The summed E-state index contributed by atoms with van der Waals surface area (Å²) in [4.78, 5) is 6.66. The molecule has 0 aromatic carbocycles. The third kappa shape index (κ3) is 2.12. The average molecular weight is 206 g/mol. The fourth-order valence-electron chi connectivity index (χ4n) is 2.05. The molecule has 0 atom stereocenters. The highest BCUT2D eigenvalue weighted by atomic mass is 16.3. The SMILES string of the molecule is Cc1cccnc1N(CCO)C1CCC1. The minimum absolute atomic E-state index is 0.201. The van der Waals surface area contributed by atoms with Crippen molar-refractivity contribution in [1.82, 2.24) is 4.98 Å². The first-order valence-corrected chi connectivity index (χ1v) is 5.62. The number of aliphatic hydroxyl groups excluding tert-OH is 1. The average Bonchev–Trinajstić information content (AvgIpc) is 2.15. The molecule has 0 spiro atoms. The molecule has 1 aromatic rings. The van der Waals surface area contributed by atoms with E-state index in [1.807, 2.05) is 12.3 Å². The van der Waals surface area contributed by atoms with Gasteiger partial charge in [-0.1, -0.05) is 6.07 Å². The lowest BCUT2D eigenvalue weighted by atomic mass is 9.91. The molecule has 1 saturated carbocycles. The standard InChI is InChI=1S/C12H18N2O/c1-10-4-3-7-13-12(10)14(8-9-15)11-5-2-6-11/h3-4,7,11,15H,2,5-6,8-9H2,1H3. The summed E-state index contributed by atoms with van der Waals surface area (Å²) in [5.74, 6) is 1.04. The van der Waals surface area contributed by atoms with Gasteiger partial charge in [0.2, 0.25) is 0 Å². The molecule has 0 amide bonds. The Balaban J connectivity index is 2.19. The number of anilines is 1. The summed E-state index contributed by atoms with van der Waals surface area (Å²) in [5.41, 5.74) is 1.19. The summed E-state index contributed by atoms with van der Waals surface area (Å²) in [6.45, 7) is 2.97. The summed E-state index contributed by atoms with van der Waals surface area (Å²) in [6.07, 6.45) is 5.59. The van der Waals surface area contributed by atoms with E-state index in [0.717, 1.165) is 5.82 Å². The molecule has 1 heterocycles. The lowest BCUT2D eigenvalue weighted by molar-refractivity contribution is 0.283. The van der Waals surface area contributed by atoms with Crippen molar-refractivity contribution in [2.75, 3.05) is 18.1 Å². The van der Waals surface area contributed by atoms with Crippen LogP contribution in [0.3, 0.4) is 0 Å². The minimum Gasteiger partial charge on any atom is -0.395 e. The highest BCUT2D eigenvalue weighted by Crippen LogP contribution is 2.29. The molecule has 1 fully saturated rings. The van der Waals surface area contributed by atoms with Gasteiger partial charge in [-0.15, -0.1) is 0 Å². The zero-order valence-electron chi connectivity index (χ0n) is 9.19. The summed E-state index contributed by atoms with van der Waals surface area (Å²) < 4.78 is 0. The summed E-state index contributed by atoms with van der Waals surface area (Å²) in [5, 5.41) is 9.09. The first-order chi connectivity index (χ1) is 7.33. The molecule has 0 bridgehead atoms. The van der Waals surface area contributed by atoms with Crippen molar-refractivity contribution in [2.24, 2.45) is 0 Å². The molecule has 0 aliphatic heterocycles. The van der Waals surface area contributed by atoms with Gasteiger partial charge in [-0.25, -0.2) is 4.98 Å². The zero-order valence-corrected chi connectivity index (χ0v) is 9.19. The van der Waals surface area contributed by atoms with E-state index in [-0.39, 0.29) is 6.61 Å². The molecular weight excluding hydrogens is 188 g/mol. The molecule has 1 N–H and O–H groups in total. The second-order valence-electron chi connectivity index (χ2n) is 4.15. The van der Waals surface area contributed by atoms with Crippen LogP contribution in [0.5, 0.6) is 0 Å². The number of rotatable bonds is 4. The molecule has 3 nitrogen and oxygen atoms in total. The Morgan fingerprint density at radius 1 is 1.53 bits per heavy atom. The third-order valence-electron chi connectivity index (χ3n) is 3.11. The fourth-order valence-corrected chi connectivity index (χ4v) is 2.05. The van der Waals surface area contributed by atoms with E-state index in [9.17, 15) is 0 Å². The maximum atomic E-state index is 9.09. The van der Waals surface area contributed by atoms with Gasteiger partial charge in [0.1, 0.15) is 5.82 Å². The molecule has 1 aliphatic rings. The van der Waals surface area contributed by atoms with Crippen LogP contribution in [0.25, 0.3) is 0 Å². The minimum atomic E-state index is 0.201. The Hall–Kier alpha value is -1.09. The van der Waals surface area contributed by atoms with Gasteiger partial charge in [0.15, 0.2) is 0 Å². The van der Waals surface area contributed by atoms with E-state index in [1.165, 1.54) is 24.8 Å². The Labute approximate surface area is 90.8 Å². The van der Waals surface area contributed by atoms with E-state index in [4.69, 9.17) is 5.11 Å². The van der Waals surface area contributed by atoms with Crippen molar-refractivity contribution in [3.05, 3.63) is 23.9 Å². The van der Waals surface area contributed by atoms with Gasteiger partial charge in [0.05, 0.1) is 6.61 Å². The van der Waals surface area contributed by atoms with E-state index in [0.29, 0.717) is 12.6 Å². The van der Waals surface area contributed by atoms with Gasteiger partial charge in [-0.3, -0.25) is 0 Å². The predicted molar refractivity (Wildman–Crippen MR) is 61.0 cm³/mol. The highest BCUT2D eigenvalue weighted by Gasteiger charge is 2.26. The van der Waals surface area contributed by atoms with E-state index >= 15 is 0 Å². The highest BCUT2D eigenvalue weighted by molar-refractivity contribution is 5.47. The number of aromatic nitrogens is 1. The second-order valence-corrected chi connectivity index (χ2v) is 4.15. The number of hydrogen-bond donors (Lipinski definition) is 1. The Morgan fingerprint density at radius 3 is 2.87 bits per heavy atom. The summed E-state index contributed by atoms with van der Waals surface area (Å²) in [7, 11) is 0. The molecule has 0 unspecified atom stereocenters. The first-order valence-electron chi connectivity index (χ1n) is 5.62. The van der Waals surface area contributed by atoms with Gasteiger partial charge < -0.3 is 10.0 Å². The molecule has 3 heteroatoms. The van der Waals surface area contributed by atoms with Crippen molar-refractivity contribution >= 4 is 5.82 Å². The van der Waals surface area contributed by atoms with Crippen LogP contribution in [-0.4, -0.2) is 29.3 Å². The Kier molecular flexibility index (Phi) is 3.21. The number of nitrogens with zero attached hydrogens (tertiary/aromatic N) is 2. The van der Waals surface area contributed by atoms with Crippen molar-refractivity contribution in [3.63, 3.8) is 0 Å². The monoisotopic (exact) mass is 206 g/mol.